The highest BCUT2D eigenvalue weighted by atomic mass is 32.2. The van der Waals surface area contributed by atoms with Crippen LogP contribution < -0.4 is 14.8 Å². The molecule has 0 saturated heterocycles. The highest BCUT2D eigenvalue weighted by molar-refractivity contribution is 7.89. The molecule has 0 fully saturated rings. The van der Waals surface area contributed by atoms with Crippen LogP contribution in [-0.2, 0) is 21.2 Å². The Morgan fingerprint density at radius 1 is 0.935 bits per heavy atom. The first-order chi connectivity index (χ1) is 14.8. The van der Waals surface area contributed by atoms with Crippen LogP contribution in [0, 0.1) is 13.8 Å². The summed E-state index contributed by atoms with van der Waals surface area (Å²) in [4.78, 5) is 13.2. The van der Waals surface area contributed by atoms with Crippen LogP contribution in [0.25, 0.3) is 0 Å². The normalized spacial score (nSPS) is 12.2. The zero-order valence-corrected chi connectivity index (χ0v) is 18.6. The SMILES string of the molecule is COc1ccc(S(=O)(=O)NC(Cc2ccccc2)C(=O)Nc2cc(C)cc(C)c2)cc1. The Morgan fingerprint density at radius 2 is 1.55 bits per heavy atom. The summed E-state index contributed by atoms with van der Waals surface area (Å²) in [6, 6.07) is 20.0. The van der Waals surface area contributed by atoms with Gasteiger partial charge in [-0.3, -0.25) is 4.79 Å². The lowest BCUT2D eigenvalue weighted by molar-refractivity contribution is -0.117. The molecule has 1 atom stereocenters. The molecule has 31 heavy (non-hydrogen) atoms. The average Bonchev–Trinajstić information content (AvgIpc) is 2.73. The van der Waals surface area contributed by atoms with Crippen molar-refractivity contribution in [2.75, 3.05) is 12.4 Å². The second-order valence-corrected chi connectivity index (χ2v) is 9.12. The molecule has 162 valence electrons. The molecule has 3 rings (SSSR count). The fourth-order valence-electron chi connectivity index (χ4n) is 3.32. The second kappa shape index (κ2) is 9.76. The zero-order chi connectivity index (χ0) is 22.4. The van der Waals surface area contributed by atoms with Crippen molar-refractivity contribution in [3.8, 4) is 5.75 Å². The molecule has 0 saturated carbocycles. The Balaban J connectivity index is 1.86. The van der Waals surface area contributed by atoms with Crippen molar-refractivity contribution in [1.82, 2.24) is 4.72 Å². The van der Waals surface area contributed by atoms with Crippen LogP contribution in [0.3, 0.4) is 0 Å². The molecule has 1 amide bonds. The van der Waals surface area contributed by atoms with Gasteiger partial charge in [0.15, 0.2) is 0 Å². The molecule has 0 aliphatic rings. The molecule has 0 bridgehead atoms. The Labute approximate surface area is 183 Å². The van der Waals surface area contributed by atoms with Gasteiger partial charge in [0.05, 0.1) is 12.0 Å². The van der Waals surface area contributed by atoms with E-state index in [0.29, 0.717) is 11.4 Å². The van der Waals surface area contributed by atoms with Gasteiger partial charge in [0.1, 0.15) is 11.8 Å². The molecule has 7 heteroatoms. The third kappa shape index (κ3) is 6.16. The summed E-state index contributed by atoms with van der Waals surface area (Å²) in [6.45, 7) is 3.88. The van der Waals surface area contributed by atoms with Gasteiger partial charge in [-0.15, -0.1) is 0 Å². The van der Waals surface area contributed by atoms with E-state index in [1.807, 2.05) is 62.4 Å². The Bertz CT molecular complexity index is 1120. The number of carbonyl (C=O) groups excluding carboxylic acids is 1. The maximum absolute atomic E-state index is 13.1. The van der Waals surface area contributed by atoms with Crippen molar-refractivity contribution in [2.45, 2.75) is 31.2 Å². The van der Waals surface area contributed by atoms with Crippen LogP contribution in [0.2, 0.25) is 0 Å². The van der Waals surface area contributed by atoms with Crippen molar-refractivity contribution < 1.29 is 17.9 Å². The number of benzene rings is 3. The molecule has 0 aliphatic carbocycles. The number of amides is 1. The van der Waals surface area contributed by atoms with Gasteiger partial charge in [-0.2, -0.15) is 4.72 Å². The van der Waals surface area contributed by atoms with E-state index in [1.165, 1.54) is 19.2 Å². The molecule has 0 spiro atoms. The number of aryl methyl sites for hydroxylation is 2. The largest absolute Gasteiger partial charge is 0.497 e. The predicted molar refractivity (Wildman–Crippen MR) is 122 cm³/mol. The summed E-state index contributed by atoms with van der Waals surface area (Å²) < 4.78 is 33.6. The fraction of sp³-hybridized carbons (Fsp3) is 0.208. The first kappa shape index (κ1) is 22.5. The Hall–Kier alpha value is -3.16. The highest BCUT2D eigenvalue weighted by Gasteiger charge is 2.26. The number of methoxy groups -OCH3 is 1. The number of carbonyl (C=O) groups is 1. The van der Waals surface area contributed by atoms with E-state index in [-0.39, 0.29) is 11.3 Å². The molecular weight excluding hydrogens is 412 g/mol. The standard InChI is InChI=1S/C24H26N2O4S/c1-17-13-18(2)15-20(14-17)25-24(27)23(16-19-7-5-4-6-8-19)26-31(28,29)22-11-9-21(30-3)10-12-22/h4-15,23,26H,16H2,1-3H3,(H,25,27). The number of rotatable bonds is 8. The van der Waals surface area contributed by atoms with Gasteiger partial charge in [-0.25, -0.2) is 8.42 Å². The summed E-state index contributed by atoms with van der Waals surface area (Å²) in [7, 11) is -2.42. The molecule has 6 nitrogen and oxygen atoms in total. The molecular formula is C24H26N2O4S. The maximum Gasteiger partial charge on any atom is 0.242 e. The van der Waals surface area contributed by atoms with E-state index >= 15 is 0 Å². The van der Waals surface area contributed by atoms with Crippen molar-refractivity contribution >= 4 is 21.6 Å². The third-order valence-corrected chi connectivity index (χ3v) is 6.24. The maximum atomic E-state index is 13.1. The van der Waals surface area contributed by atoms with Crippen molar-refractivity contribution in [3.05, 3.63) is 89.5 Å². The minimum absolute atomic E-state index is 0.0607. The molecule has 2 N–H and O–H groups in total. The van der Waals surface area contributed by atoms with E-state index in [0.717, 1.165) is 16.7 Å². The Kier molecular flexibility index (Phi) is 7.09. The molecule has 1 unspecified atom stereocenters. The highest BCUT2D eigenvalue weighted by Crippen LogP contribution is 2.18. The molecule has 0 radical (unpaired) electrons. The summed E-state index contributed by atoms with van der Waals surface area (Å²) >= 11 is 0. The van der Waals surface area contributed by atoms with Gasteiger partial charge in [-0.05, 0) is 73.4 Å². The monoisotopic (exact) mass is 438 g/mol. The quantitative estimate of drug-likeness (QED) is 0.560. The summed E-state index contributed by atoms with van der Waals surface area (Å²) in [6.07, 6.45) is 0.215. The minimum atomic E-state index is -3.92. The Morgan fingerprint density at radius 3 is 2.13 bits per heavy atom. The topological polar surface area (TPSA) is 84.5 Å². The minimum Gasteiger partial charge on any atom is -0.497 e. The van der Waals surface area contributed by atoms with Crippen molar-refractivity contribution in [3.63, 3.8) is 0 Å². The lowest BCUT2D eigenvalue weighted by atomic mass is 10.1. The lowest BCUT2D eigenvalue weighted by Crippen LogP contribution is -2.45. The van der Waals surface area contributed by atoms with Gasteiger partial charge >= 0.3 is 0 Å². The van der Waals surface area contributed by atoms with E-state index in [1.54, 1.807) is 12.1 Å². The molecule has 0 heterocycles. The van der Waals surface area contributed by atoms with Gasteiger partial charge in [-0.1, -0.05) is 36.4 Å². The summed E-state index contributed by atoms with van der Waals surface area (Å²) in [5.74, 6) is 0.123. The number of hydrogen-bond acceptors (Lipinski definition) is 4. The van der Waals surface area contributed by atoms with Crippen molar-refractivity contribution in [2.24, 2.45) is 0 Å². The first-order valence-corrected chi connectivity index (χ1v) is 11.3. The van der Waals surface area contributed by atoms with Gasteiger partial charge < -0.3 is 10.1 Å². The van der Waals surface area contributed by atoms with E-state index in [9.17, 15) is 13.2 Å². The van der Waals surface area contributed by atoms with Gasteiger partial charge in [0.25, 0.3) is 0 Å². The van der Waals surface area contributed by atoms with Gasteiger partial charge in [0.2, 0.25) is 15.9 Å². The number of sulfonamides is 1. The summed E-state index contributed by atoms with van der Waals surface area (Å²) in [5.41, 5.74) is 3.49. The molecule has 3 aromatic carbocycles. The molecule has 0 aromatic heterocycles. The number of ether oxygens (including phenoxy) is 1. The van der Waals surface area contributed by atoms with Crippen LogP contribution in [0.4, 0.5) is 5.69 Å². The average molecular weight is 439 g/mol. The van der Waals surface area contributed by atoms with Crippen LogP contribution in [0.15, 0.2) is 77.7 Å². The van der Waals surface area contributed by atoms with Crippen molar-refractivity contribution in [1.29, 1.82) is 0 Å². The van der Waals surface area contributed by atoms with Crippen LogP contribution in [0.5, 0.6) is 5.75 Å². The predicted octanol–water partition coefficient (Wildman–Crippen LogP) is 3.84. The number of hydrogen-bond donors (Lipinski definition) is 2. The number of nitrogens with one attached hydrogen (secondary N) is 2. The molecule has 3 aromatic rings. The van der Waals surface area contributed by atoms with E-state index in [4.69, 9.17) is 4.74 Å². The van der Waals surface area contributed by atoms with Crippen LogP contribution in [0.1, 0.15) is 16.7 Å². The van der Waals surface area contributed by atoms with Crippen LogP contribution in [-0.4, -0.2) is 27.5 Å². The molecule has 0 aliphatic heterocycles. The third-order valence-electron chi connectivity index (χ3n) is 4.76. The fourth-order valence-corrected chi connectivity index (χ4v) is 4.52. The van der Waals surface area contributed by atoms with E-state index < -0.39 is 22.0 Å². The number of anilines is 1. The second-order valence-electron chi connectivity index (χ2n) is 7.40. The first-order valence-electron chi connectivity index (χ1n) is 9.86. The van der Waals surface area contributed by atoms with Crippen LogP contribution >= 0.6 is 0 Å². The zero-order valence-electron chi connectivity index (χ0n) is 17.8. The van der Waals surface area contributed by atoms with Gasteiger partial charge in [0, 0.05) is 5.69 Å². The van der Waals surface area contributed by atoms with E-state index in [2.05, 4.69) is 10.0 Å². The summed E-state index contributed by atoms with van der Waals surface area (Å²) in [5, 5.41) is 2.85. The smallest absolute Gasteiger partial charge is 0.242 e. The lowest BCUT2D eigenvalue weighted by Gasteiger charge is -2.19.